The van der Waals surface area contributed by atoms with Crippen molar-refractivity contribution in [2.45, 2.75) is 6.92 Å². The lowest BCUT2D eigenvalue weighted by atomic mass is 11.0. The minimum absolute atomic E-state index is 0.750. The Morgan fingerprint density at radius 3 is 1.57 bits per heavy atom. The maximum Gasteiger partial charge on any atom is 0.116 e. The zero-order valence-electron chi connectivity index (χ0n) is 3.62. The molecule has 1 nitrogen and oxygen atoms in total. The van der Waals surface area contributed by atoms with E-state index in [1.807, 2.05) is 0 Å². The molecule has 0 aromatic rings. The predicted molar refractivity (Wildman–Crippen MR) is 41.2 cm³/mol. The van der Waals surface area contributed by atoms with Gasteiger partial charge >= 0.3 is 0 Å². The van der Waals surface area contributed by atoms with Crippen LogP contribution in [0.4, 0.5) is 0 Å². The lowest BCUT2D eigenvalue weighted by molar-refractivity contribution is -0.106. The van der Waals surface area contributed by atoms with Crippen LogP contribution in [0.1, 0.15) is 6.92 Å². The first-order chi connectivity index (χ1) is 3.33. The Kier molecular flexibility index (Phi) is 24.1. The van der Waals surface area contributed by atoms with E-state index >= 15 is 0 Å². The van der Waals surface area contributed by atoms with E-state index in [0.29, 0.717) is 0 Å². The summed E-state index contributed by atoms with van der Waals surface area (Å²) < 4.78 is 0. The molecule has 0 aromatic carbocycles. The monoisotopic (exact) mass is 172 g/mol. The van der Waals surface area contributed by atoms with Gasteiger partial charge in [-0.1, -0.05) is 0 Å². The van der Waals surface area contributed by atoms with Gasteiger partial charge in [0.05, 0.1) is 0 Å². The van der Waals surface area contributed by atoms with Crippen LogP contribution in [0.15, 0.2) is 0 Å². The maximum absolute atomic E-state index is 8.81. The standard InChI is InChI=1S/C2H4O.S4/c1-2-3;1-3-4-2/h2H,1H3;. The van der Waals surface area contributed by atoms with E-state index in [0.717, 1.165) is 6.29 Å². The second-order valence-electron chi connectivity index (χ2n) is 0.372. The normalized spacial score (nSPS) is 4.71. The molecule has 5 heteroatoms. The summed E-state index contributed by atoms with van der Waals surface area (Å²) in [5.41, 5.74) is 0. The smallest absolute Gasteiger partial charge is 0.116 e. The van der Waals surface area contributed by atoms with E-state index in [-0.39, 0.29) is 0 Å². The molecule has 0 saturated heterocycles. The first kappa shape index (κ1) is 10.5. The van der Waals surface area contributed by atoms with Crippen molar-refractivity contribution in [3.63, 3.8) is 0 Å². The molecule has 0 bridgehead atoms. The van der Waals surface area contributed by atoms with E-state index in [2.05, 4.69) is 22.4 Å². The van der Waals surface area contributed by atoms with Crippen LogP contribution in [0.2, 0.25) is 0 Å². The van der Waals surface area contributed by atoms with E-state index in [9.17, 15) is 0 Å². The van der Waals surface area contributed by atoms with Gasteiger partial charge in [0, 0.05) is 40.1 Å². The van der Waals surface area contributed by atoms with Crippen molar-refractivity contribution in [1.82, 2.24) is 0 Å². The Bertz CT molecular complexity index is 88.3. The molecule has 0 fully saturated rings. The molecular formula is C2H4OS4. The molecule has 0 aliphatic rings. The summed E-state index contributed by atoms with van der Waals surface area (Å²) in [5, 5.41) is 0. The minimum atomic E-state index is 0.750. The van der Waals surface area contributed by atoms with Crippen molar-refractivity contribution >= 4 is 46.4 Å². The molecule has 7 heavy (non-hydrogen) atoms. The quantitative estimate of drug-likeness (QED) is 0.486. The van der Waals surface area contributed by atoms with E-state index < -0.39 is 0 Å². The molecule has 0 heterocycles. The highest BCUT2D eigenvalue weighted by Crippen LogP contribution is 1.14. The second kappa shape index (κ2) is 16.0. The van der Waals surface area contributed by atoms with Gasteiger partial charge in [0.15, 0.2) is 0 Å². The van der Waals surface area contributed by atoms with Gasteiger partial charge in [0.1, 0.15) is 6.29 Å². The van der Waals surface area contributed by atoms with Gasteiger partial charge < -0.3 is 4.79 Å². The fourth-order valence-electron chi connectivity index (χ4n) is 0. The summed E-state index contributed by atoms with van der Waals surface area (Å²) in [7, 11) is 2.34. The van der Waals surface area contributed by atoms with Gasteiger partial charge in [-0.25, -0.2) is 0 Å². The molecule has 0 radical (unpaired) electrons. The highest BCUT2D eigenvalue weighted by atomic mass is 33.2. The molecule has 0 N–H and O–H groups in total. The Morgan fingerprint density at radius 2 is 1.57 bits per heavy atom. The van der Waals surface area contributed by atoms with Gasteiger partial charge in [-0.05, 0) is 6.92 Å². The van der Waals surface area contributed by atoms with Crippen LogP contribution in [0.25, 0.3) is 0 Å². The summed E-state index contributed by atoms with van der Waals surface area (Å²) >= 11 is 8.66. The van der Waals surface area contributed by atoms with Gasteiger partial charge in [0.2, 0.25) is 0 Å². The Labute approximate surface area is 58.2 Å². The van der Waals surface area contributed by atoms with E-state index in [4.69, 9.17) is 4.79 Å². The largest absolute Gasteiger partial charge is 0.304 e. The third-order valence-corrected chi connectivity index (χ3v) is 2.25. The van der Waals surface area contributed by atoms with Crippen molar-refractivity contribution in [3.8, 4) is 0 Å². The van der Waals surface area contributed by atoms with Crippen LogP contribution in [0, 0.1) is 0 Å². The molecule has 0 spiro atoms. The third-order valence-electron chi connectivity index (χ3n) is 0.0278. The van der Waals surface area contributed by atoms with Gasteiger partial charge in [-0.2, -0.15) is 0 Å². The first-order valence-electron chi connectivity index (χ1n) is 1.31. The molecular weight excluding hydrogens is 168 g/mol. The van der Waals surface area contributed by atoms with E-state index in [1.165, 1.54) is 24.7 Å². The van der Waals surface area contributed by atoms with Crippen molar-refractivity contribution in [3.05, 3.63) is 0 Å². The number of carbonyl (C=O) groups excluding carboxylic acids is 1. The van der Waals surface area contributed by atoms with Crippen molar-refractivity contribution in [2.24, 2.45) is 0 Å². The summed E-state index contributed by atoms with van der Waals surface area (Å²) in [6.45, 7) is 1.44. The topological polar surface area (TPSA) is 17.1 Å². The van der Waals surface area contributed by atoms with Crippen LogP contribution in [-0.4, -0.2) is 6.29 Å². The highest BCUT2D eigenvalue weighted by Gasteiger charge is 1.24. The van der Waals surface area contributed by atoms with Crippen LogP contribution < -0.4 is 0 Å². The number of hydrogen-bond acceptors (Lipinski definition) is 3. The molecule has 0 unspecified atom stereocenters. The van der Waals surface area contributed by atoms with Crippen LogP contribution in [0.3, 0.4) is 0 Å². The van der Waals surface area contributed by atoms with Crippen LogP contribution >= 0.6 is 0 Å². The minimum Gasteiger partial charge on any atom is -0.304 e. The summed E-state index contributed by atoms with van der Waals surface area (Å²) in [4.78, 5) is 8.81. The van der Waals surface area contributed by atoms with Gasteiger partial charge in [0.25, 0.3) is 0 Å². The number of hydrogen-bond donors (Lipinski definition) is 0. The SMILES string of the molecule is CC=O.S=S=S=S. The molecule has 0 rings (SSSR count). The predicted octanol–water partition coefficient (Wildman–Crippen LogP) is 0.196. The number of rotatable bonds is 0. The molecule has 0 aliphatic carbocycles. The molecule has 0 aliphatic heterocycles. The Balaban J connectivity index is 0. The van der Waals surface area contributed by atoms with Crippen LogP contribution in [0.5, 0.6) is 0 Å². The summed E-state index contributed by atoms with van der Waals surface area (Å²) in [6, 6.07) is 0. The number of aldehydes is 1. The first-order valence-corrected chi connectivity index (χ1v) is 5.31. The molecule has 0 saturated carbocycles. The van der Waals surface area contributed by atoms with Gasteiger partial charge in [-0.3, -0.25) is 0 Å². The fourth-order valence-corrected chi connectivity index (χ4v) is 0. The van der Waals surface area contributed by atoms with Crippen LogP contribution in [-0.2, 0) is 44.9 Å². The Morgan fingerprint density at radius 1 is 1.43 bits per heavy atom. The molecule has 0 atom stereocenters. The van der Waals surface area contributed by atoms with Crippen molar-refractivity contribution < 1.29 is 4.79 Å². The summed E-state index contributed by atoms with van der Waals surface area (Å²) in [5.74, 6) is 0. The molecule has 0 aromatic heterocycles. The summed E-state index contributed by atoms with van der Waals surface area (Å²) in [6.07, 6.45) is 0.750. The zero-order chi connectivity index (χ0) is 6.12. The maximum atomic E-state index is 8.81. The fraction of sp³-hybridized carbons (Fsp3) is 0.500. The highest BCUT2D eigenvalue weighted by molar-refractivity contribution is 8.51. The third kappa shape index (κ3) is 56.4. The zero-order valence-corrected chi connectivity index (χ0v) is 6.88. The average Bonchev–Trinajstić information content (AvgIpc) is 1.69. The van der Waals surface area contributed by atoms with Gasteiger partial charge in [-0.15, -0.1) is 0 Å². The molecule has 0 amide bonds. The number of carbonyl (C=O) groups is 1. The van der Waals surface area contributed by atoms with Crippen molar-refractivity contribution in [1.29, 1.82) is 0 Å². The lowest BCUT2D eigenvalue weighted by Gasteiger charge is -1.23. The molecule has 42 valence electrons. The lowest BCUT2D eigenvalue weighted by Crippen LogP contribution is -1.36. The Hall–Kier alpha value is 0.550. The second-order valence-corrected chi connectivity index (χ2v) is 3.91. The average molecular weight is 172 g/mol. The van der Waals surface area contributed by atoms with Crippen molar-refractivity contribution in [2.75, 3.05) is 0 Å². The van der Waals surface area contributed by atoms with E-state index in [1.54, 1.807) is 0 Å².